The quantitative estimate of drug-likeness (QED) is 0.123. The lowest BCUT2D eigenvalue weighted by atomic mass is 9.93. The van der Waals surface area contributed by atoms with Crippen molar-refractivity contribution >= 4 is 34.2 Å². The van der Waals surface area contributed by atoms with Gasteiger partial charge in [-0.2, -0.15) is 19.0 Å². The fourth-order valence-electron chi connectivity index (χ4n) is 6.30. The van der Waals surface area contributed by atoms with Gasteiger partial charge in [-0.05, 0) is 68.5 Å². The largest absolute Gasteiger partial charge is 0.382 e. The van der Waals surface area contributed by atoms with E-state index in [0.29, 0.717) is 37.8 Å². The molecule has 51 heavy (non-hydrogen) atoms. The molecule has 0 aliphatic heterocycles. The van der Waals surface area contributed by atoms with Crippen molar-refractivity contribution in [2.24, 2.45) is 7.05 Å². The van der Waals surface area contributed by atoms with E-state index in [4.69, 9.17) is 22.3 Å². The van der Waals surface area contributed by atoms with Gasteiger partial charge in [0.25, 0.3) is 12.3 Å². The zero-order valence-corrected chi connectivity index (χ0v) is 28.1. The van der Waals surface area contributed by atoms with E-state index in [9.17, 15) is 36.2 Å². The van der Waals surface area contributed by atoms with Crippen LogP contribution in [0.25, 0.3) is 22.0 Å². The monoisotopic (exact) mass is 729 g/mol. The van der Waals surface area contributed by atoms with Gasteiger partial charge in [0.2, 0.25) is 5.91 Å². The van der Waals surface area contributed by atoms with Crippen molar-refractivity contribution in [1.29, 1.82) is 0 Å². The van der Waals surface area contributed by atoms with E-state index >= 15 is 0 Å². The van der Waals surface area contributed by atoms with Crippen LogP contribution < -0.4 is 11.1 Å². The highest BCUT2D eigenvalue weighted by atomic mass is 35.5. The second kappa shape index (κ2) is 13.2. The van der Waals surface area contributed by atoms with Crippen molar-refractivity contribution in [3.05, 3.63) is 93.0 Å². The second-order valence-electron chi connectivity index (χ2n) is 12.7. The molecule has 5 aromatic rings. The second-order valence-corrected chi connectivity index (χ2v) is 13.2. The Morgan fingerprint density at radius 3 is 2.45 bits per heavy atom. The van der Waals surface area contributed by atoms with Gasteiger partial charge in [-0.3, -0.25) is 14.2 Å². The van der Waals surface area contributed by atoms with Crippen LogP contribution in [0.3, 0.4) is 0 Å². The van der Waals surface area contributed by atoms with Crippen molar-refractivity contribution in [3.8, 4) is 23.0 Å². The summed E-state index contributed by atoms with van der Waals surface area (Å²) in [7, 11) is 1.63. The molecule has 16 heteroatoms. The Labute approximate surface area is 292 Å². The number of amides is 1. The fraction of sp³-hybridized carbons (Fsp3) is 0.314. The molecular formula is C35H30ClF6N7O2. The standard InChI is InChI=1S/C35H30ClF6N7O2/c1-34(2,51)10-8-20-4-5-21(22-6-7-24(36)27-30(22)48(3)47-33(27)43)28(44-20)25(14-17-12-18(37)15-19(38)13-17)45-26(50)16-49-31-23(9-11-35(31,41)42)29(46-49)32(39)40/h4-7,12-13,15,25,32,51H,9,11,14,16H2,1-3H3,(H2,43,47)(H,45,50). The molecule has 1 amide bonds. The topological polar surface area (TPSA) is 124 Å². The van der Waals surface area contributed by atoms with Crippen LogP contribution >= 0.6 is 11.6 Å². The molecule has 3 aromatic heterocycles. The molecule has 0 spiro atoms. The number of fused-ring (bicyclic) bond motifs is 2. The van der Waals surface area contributed by atoms with E-state index in [1.807, 2.05) is 0 Å². The maximum atomic E-state index is 14.9. The molecule has 2 aromatic carbocycles. The number of aromatic nitrogens is 5. The Balaban J connectivity index is 1.51. The third-order valence-electron chi connectivity index (χ3n) is 8.32. The summed E-state index contributed by atoms with van der Waals surface area (Å²) in [6.45, 7) is 2.04. The Kier molecular flexibility index (Phi) is 9.28. The number of hydrogen-bond donors (Lipinski definition) is 3. The van der Waals surface area contributed by atoms with Crippen LogP contribution in [0, 0.1) is 23.5 Å². The van der Waals surface area contributed by atoms with Crippen LogP contribution in [0.4, 0.5) is 32.2 Å². The summed E-state index contributed by atoms with van der Waals surface area (Å²) in [5.74, 6) is -0.658. The number of aryl methyl sites for hydroxylation is 1. The number of carbonyl (C=O) groups is 1. The smallest absolute Gasteiger partial charge is 0.290 e. The fourth-order valence-corrected chi connectivity index (χ4v) is 6.55. The summed E-state index contributed by atoms with van der Waals surface area (Å²) in [5.41, 5.74) is 4.54. The summed E-state index contributed by atoms with van der Waals surface area (Å²) < 4.78 is 88.2. The molecule has 4 N–H and O–H groups in total. The van der Waals surface area contributed by atoms with Crippen LogP contribution in [0.1, 0.15) is 66.6 Å². The first-order valence-corrected chi connectivity index (χ1v) is 16.0. The molecule has 9 nitrogen and oxygen atoms in total. The third kappa shape index (κ3) is 7.24. The average molecular weight is 730 g/mol. The van der Waals surface area contributed by atoms with E-state index in [-0.39, 0.29) is 41.2 Å². The Bertz CT molecular complexity index is 2230. The van der Waals surface area contributed by atoms with Gasteiger partial charge in [0.05, 0.1) is 27.7 Å². The molecule has 1 aliphatic rings. The predicted octanol–water partition coefficient (Wildman–Crippen LogP) is 6.54. The number of carbonyl (C=O) groups excluding carboxylic acids is 1. The van der Waals surface area contributed by atoms with Crippen molar-refractivity contribution in [3.63, 3.8) is 0 Å². The number of benzene rings is 2. The number of nitrogens with two attached hydrogens (primary N) is 1. The number of pyridine rings is 1. The molecule has 6 rings (SSSR count). The van der Waals surface area contributed by atoms with E-state index < -0.39 is 65.9 Å². The summed E-state index contributed by atoms with van der Waals surface area (Å²) in [6.07, 6.45) is -4.47. The zero-order valence-electron chi connectivity index (χ0n) is 27.3. The number of rotatable bonds is 8. The highest BCUT2D eigenvalue weighted by molar-refractivity contribution is 6.37. The number of aliphatic hydroxyl groups is 1. The predicted molar refractivity (Wildman–Crippen MR) is 177 cm³/mol. The zero-order chi connectivity index (χ0) is 37.0. The van der Waals surface area contributed by atoms with Crippen molar-refractivity contribution in [2.45, 2.75) is 63.6 Å². The molecule has 1 unspecified atom stereocenters. The molecule has 1 aliphatic carbocycles. The number of hydrogen-bond acceptors (Lipinski definition) is 6. The van der Waals surface area contributed by atoms with E-state index in [1.54, 1.807) is 31.3 Å². The summed E-state index contributed by atoms with van der Waals surface area (Å²) in [4.78, 5) is 18.4. The first-order valence-electron chi connectivity index (χ1n) is 15.6. The summed E-state index contributed by atoms with van der Waals surface area (Å²) in [6, 6.07) is 7.98. The van der Waals surface area contributed by atoms with Gasteiger partial charge in [0.1, 0.15) is 40.9 Å². The van der Waals surface area contributed by atoms with Crippen LogP contribution in [-0.2, 0) is 37.2 Å². The third-order valence-corrected chi connectivity index (χ3v) is 8.64. The number of alkyl halides is 4. The normalized spacial score (nSPS) is 14.4. The number of anilines is 1. The van der Waals surface area contributed by atoms with E-state index in [2.05, 4.69) is 27.4 Å². The number of nitrogens with zero attached hydrogens (tertiary/aromatic N) is 5. The molecule has 0 fully saturated rings. The first kappa shape index (κ1) is 35.7. The van der Waals surface area contributed by atoms with Gasteiger partial charge in [0, 0.05) is 36.2 Å². The minimum atomic E-state index is -3.50. The summed E-state index contributed by atoms with van der Waals surface area (Å²) >= 11 is 6.48. The van der Waals surface area contributed by atoms with Gasteiger partial charge in [-0.15, -0.1) is 0 Å². The SMILES string of the molecule is Cn1nc(N)c2c(Cl)ccc(-c3ccc(C#CC(C)(C)O)nc3C(Cc3cc(F)cc(F)c3)NC(=O)Cn3nc(C(F)F)c4c3C(F)(F)CC4)c21. The lowest BCUT2D eigenvalue weighted by Gasteiger charge is -2.23. The Hall–Kier alpha value is -5.07. The average Bonchev–Trinajstić information content (AvgIpc) is 3.66. The molecule has 3 heterocycles. The molecule has 1 atom stereocenters. The minimum absolute atomic E-state index is 0.0936. The first-order chi connectivity index (χ1) is 23.9. The number of nitrogens with one attached hydrogen (secondary N) is 1. The lowest BCUT2D eigenvalue weighted by molar-refractivity contribution is -0.122. The highest BCUT2D eigenvalue weighted by Gasteiger charge is 2.46. The Morgan fingerprint density at radius 2 is 1.78 bits per heavy atom. The van der Waals surface area contributed by atoms with Gasteiger partial charge in [0.15, 0.2) is 5.82 Å². The van der Waals surface area contributed by atoms with Crippen LogP contribution in [-0.4, -0.2) is 41.2 Å². The molecule has 0 radical (unpaired) electrons. The molecule has 0 saturated heterocycles. The van der Waals surface area contributed by atoms with Crippen LogP contribution in [0.2, 0.25) is 5.02 Å². The van der Waals surface area contributed by atoms with Gasteiger partial charge in [-0.1, -0.05) is 23.6 Å². The number of halogens is 7. The highest BCUT2D eigenvalue weighted by Crippen LogP contribution is 2.45. The van der Waals surface area contributed by atoms with Gasteiger partial charge >= 0.3 is 0 Å². The van der Waals surface area contributed by atoms with Gasteiger partial charge < -0.3 is 16.2 Å². The van der Waals surface area contributed by atoms with Crippen molar-refractivity contribution < 1.29 is 36.2 Å². The molecule has 0 saturated carbocycles. The Morgan fingerprint density at radius 1 is 1.10 bits per heavy atom. The van der Waals surface area contributed by atoms with E-state index in [0.717, 1.165) is 12.1 Å². The van der Waals surface area contributed by atoms with E-state index in [1.165, 1.54) is 18.5 Å². The van der Waals surface area contributed by atoms with Gasteiger partial charge in [-0.25, -0.2) is 22.5 Å². The lowest BCUT2D eigenvalue weighted by Crippen LogP contribution is -2.35. The summed E-state index contributed by atoms with van der Waals surface area (Å²) in [5, 5.41) is 21.6. The minimum Gasteiger partial charge on any atom is -0.382 e. The van der Waals surface area contributed by atoms with Crippen LogP contribution in [0.5, 0.6) is 0 Å². The maximum absolute atomic E-state index is 14.9. The molecule has 266 valence electrons. The van der Waals surface area contributed by atoms with Crippen LogP contribution in [0.15, 0.2) is 42.5 Å². The van der Waals surface area contributed by atoms with Crippen molar-refractivity contribution in [2.75, 3.05) is 5.73 Å². The molecular weight excluding hydrogens is 700 g/mol. The number of nitrogen functional groups attached to an aromatic ring is 1. The maximum Gasteiger partial charge on any atom is 0.290 e. The molecule has 0 bridgehead atoms. The van der Waals surface area contributed by atoms with Crippen molar-refractivity contribution in [1.82, 2.24) is 29.9 Å².